The average molecular weight is 281 g/mol. The van der Waals surface area contributed by atoms with Crippen LogP contribution in [0.2, 0.25) is 0 Å². The fraction of sp³-hybridized carbons (Fsp3) is 0.357. The van der Waals surface area contributed by atoms with Crippen LogP contribution in [0.3, 0.4) is 0 Å². The van der Waals surface area contributed by atoms with E-state index in [4.69, 9.17) is 0 Å². The molecule has 0 aliphatic rings. The summed E-state index contributed by atoms with van der Waals surface area (Å²) in [5.74, 6) is 0.180. The number of hydrogen-bond acceptors (Lipinski definition) is 3. The van der Waals surface area contributed by atoms with Gasteiger partial charge in [-0.15, -0.1) is 0 Å². The number of alkyl halides is 2. The first kappa shape index (κ1) is 14.5. The van der Waals surface area contributed by atoms with Gasteiger partial charge >= 0.3 is 6.61 Å². The Balaban J connectivity index is 1.71. The summed E-state index contributed by atoms with van der Waals surface area (Å²) >= 11 is 0. The summed E-state index contributed by atoms with van der Waals surface area (Å²) in [6.07, 6.45) is 4.73. The smallest absolute Gasteiger partial charge is 0.387 e. The minimum absolute atomic E-state index is 0.180. The Bertz CT molecular complexity index is 525. The molecule has 1 N–H and O–H groups in total. The van der Waals surface area contributed by atoms with Gasteiger partial charge in [-0.2, -0.15) is 13.9 Å². The normalized spacial score (nSPS) is 11.0. The summed E-state index contributed by atoms with van der Waals surface area (Å²) in [5.41, 5.74) is 2.21. The third-order valence-corrected chi connectivity index (χ3v) is 2.83. The topological polar surface area (TPSA) is 39.1 Å². The Labute approximate surface area is 116 Å². The number of aromatic nitrogens is 2. The quantitative estimate of drug-likeness (QED) is 0.792. The lowest BCUT2D eigenvalue weighted by Crippen LogP contribution is -2.16. The molecule has 4 nitrogen and oxygen atoms in total. The van der Waals surface area contributed by atoms with Crippen molar-refractivity contribution in [3.8, 4) is 5.75 Å². The highest BCUT2D eigenvalue weighted by Gasteiger charge is 2.03. The molecule has 2 aromatic rings. The molecule has 0 bridgehead atoms. The number of benzene rings is 1. The van der Waals surface area contributed by atoms with Gasteiger partial charge in [0, 0.05) is 19.8 Å². The van der Waals surface area contributed by atoms with Crippen molar-refractivity contribution in [1.29, 1.82) is 0 Å². The van der Waals surface area contributed by atoms with Gasteiger partial charge in [-0.1, -0.05) is 12.1 Å². The highest BCUT2D eigenvalue weighted by Crippen LogP contribution is 2.14. The Morgan fingerprint density at radius 2 is 2.00 bits per heavy atom. The van der Waals surface area contributed by atoms with Crippen molar-refractivity contribution in [3.63, 3.8) is 0 Å². The standard InChI is InChI=1S/C14H17F2N3O/c1-19-10-12(9-18-19)6-7-17-8-11-2-4-13(5-3-11)20-14(15)16/h2-5,9-10,14,17H,6-8H2,1H3. The molecule has 0 saturated carbocycles. The molecule has 1 heterocycles. The lowest BCUT2D eigenvalue weighted by atomic mass is 10.2. The first-order valence-corrected chi connectivity index (χ1v) is 6.35. The molecule has 0 aliphatic heterocycles. The monoisotopic (exact) mass is 281 g/mol. The highest BCUT2D eigenvalue weighted by atomic mass is 19.3. The van der Waals surface area contributed by atoms with Crippen LogP contribution >= 0.6 is 0 Å². The fourth-order valence-corrected chi connectivity index (χ4v) is 1.86. The van der Waals surface area contributed by atoms with Crippen molar-refractivity contribution in [2.75, 3.05) is 6.54 Å². The van der Waals surface area contributed by atoms with Crippen LogP contribution in [0.1, 0.15) is 11.1 Å². The molecule has 0 fully saturated rings. The summed E-state index contributed by atoms with van der Waals surface area (Å²) in [6, 6.07) is 6.64. The van der Waals surface area contributed by atoms with Crippen LogP contribution in [-0.2, 0) is 20.0 Å². The lowest BCUT2D eigenvalue weighted by Gasteiger charge is -2.07. The molecule has 6 heteroatoms. The van der Waals surface area contributed by atoms with E-state index in [1.54, 1.807) is 28.9 Å². The van der Waals surface area contributed by atoms with Crippen LogP contribution in [-0.4, -0.2) is 22.9 Å². The van der Waals surface area contributed by atoms with Gasteiger partial charge < -0.3 is 10.1 Å². The van der Waals surface area contributed by atoms with E-state index in [-0.39, 0.29) is 5.75 Å². The number of rotatable bonds is 7. The lowest BCUT2D eigenvalue weighted by molar-refractivity contribution is -0.0498. The van der Waals surface area contributed by atoms with Crippen LogP contribution in [0.4, 0.5) is 8.78 Å². The van der Waals surface area contributed by atoms with E-state index in [9.17, 15) is 8.78 Å². The molecule has 0 atom stereocenters. The van der Waals surface area contributed by atoms with Crippen molar-refractivity contribution >= 4 is 0 Å². The first-order valence-electron chi connectivity index (χ1n) is 6.35. The zero-order chi connectivity index (χ0) is 14.4. The van der Waals surface area contributed by atoms with Crippen LogP contribution in [0.5, 0.6) is 5.75 Å². The third kappa shape index (κ3) is 4.62. The van der Waals surface area contributed by atoms with Crippen molar-refractivity contribution in [3.05, 3.63) is 47.8 Å². The van der Waals surface area contributed by atoms with E-state index in [1.165, 1.54) is 5.56 Å². The zero-order valence-electron chi connectivity index (χ0n) is 11.2. The number of nitrogens with one attached hydrogen (secondary N) is 1. The molecule has 0 saturated heterocycles. The van der Waals surface area contributed by atoms with E-state index in [0.717, 1.165) is 18.5 Å². The number of ether oxygens (including phenoxy) is 1. The molecule has 108 valence electrons. The van der Waals surface area contributed by atoms with Gasteiger partial charge in [0.2, 0.25) is 0 Å². The zero-order valence-corrected chi connectivity index (χ0v) is 11.2. The van der Waals surface area contributed by atoms with Gasteiger partial charge in [0.1, 0.15) is 5.75 Å². The molecule has 0 unspecified atom stereocenters. The summed E-state index contributed by atoms with van der Waals surface area (Å²) < 4.78 is 30.0. The summed E-state index contributed by atoms with van der Waals surface area (Å²) in [6.45, 7) is -1.26. The van der Waals surface area contributed by atoms with Crippen molar-refractivity contribution in [2.24, 2.45) is 7.05 Å². The number of aryl methyl sites for hydroxylation is 1. The largest absolute Gasteiger partial charge is 0.435 e. The maximum absolute atomic E-state index is 12.0. The van der Waals surface area contributed by atoms with Gasteiger partial charge in [-0.25, -0.2) is 0 Å². The predicted octanol–water partition coefficient (Wildman–Crippen LogP) is 2.35. The SMILES string of the molecule is Cn1cc(CCNCc2ccc(OC(F)F)cc2)cn1. The van der Waals surface area contributed by atoms with Gasteiger partial charge in [0.15, 0.2) is 0 Å². The van der Waals surface area contributed by atoms with Crippen LogP contribution in [0.25, 0.3) is 0 Å². The predicted molar refractivity (Wildman–Crippen MR) is 71.7 cm³/mol. The van der Waals surface area contributed by atoms with E-state index in [1.807, 2.05) is 19.4 Å². The molecule has 0 spiro atoms. The maximum Gasteiger partial charge on any atom is 0.387 e. The molecule has 0 radical (unpaired) electrons. The number of halogens is 2. The second-order valence-corrected chi connectivity index (χ2v) is 4.47. The fourth-order valence-electron chi connectivity index (χ4n) is 1.86. The molecule has 1 aromatic heterocycles. The minimum atomic E-state index is -2.78. The Morgan fingerprint density at radius 1 is 1.25 bits per heavy atom. The van der Waals surface area contributed by atoms with Gasteiger partial charge in [0.05, 0.1) is 6.20 Å². The van der Waals surface area contributed by atoms with Crippen LogP contribution in [0.15, 0.2) is 36.7 Å². The molecular weight excluding hydrogens is 264 g/mol. The Morgan fingerprint density at radius 3 is 2.60 bits per heavy atom. The van der Waals surface area contributed by atoms with Crippen LogP contribution < -0.4 is 10.1 Å². The molecule has 1 aromatic carbocycles. The van der Waals surface area contributed by atoms with Crippen molar-refractivity contribution in [1.82, 2.24) is 15.1 Å². The van der Waals surface area contributed by atoms with E-state index in [0.29, 0.717) is 6.54 Å². The van der Waals surface area contributed by atoms with Gasteiger partial charge in [-0.05, 0) is 36.2 Å². The van der Waals surface area contributed by atoms with Gasteiger partial charge in [-0.3, -0.25) is 4.68 Å². The summed E-state index contributed by atoms with van der Waals surface area (Å²) in [7, 11) is 1.89. The molecule has 0 amide bonds. The number of hydrogen-bond donors (Lipinski definition) is 1. The Hall–Kier alpha value is -1.95. The van der Waals surface area contributed by atoms with E-state index in [2.05, 4.69) is 15.2 Å². The molecule has 20 heavy (non-hydrogen) atoms. The summed E-state index contributed by atoms with van der Waals surface area (Å²) in [5, 5.41) is 7.39. The Kier molecular flexibility index (Phi) is 5.06. The molecular formula is C14H17F2N3O. The molecule has 0 aliphatic carbocycles. The van der Waals surface area contributed by atoms with E-state index >= 15 is 0 Å². The number of nitrogens with zero attached hydrogens (tertiary/aromatic N) is 2. The molecule has 2 rings (SSSR count). The third-order valence-electron chi connectivity index (χ3n) is 2.83. The van der Waals surface area contributed by atoms with Gasteiger partial charge in [0.25, 0.3) is 0 Å². The second-order valence-electron chi connectivity index (χ2n) is 4.47. The average Bonchev–Trinajstić information content (AvgIpc) is 2.82. The maximum atomic E-state index is 12.0. The first-order chi connectivity index (χ1) is 9.63. The highest BCUT2D eigenvalue weighted by molar-refractivity contribution is 5.27. The van der Waals surface area contributed by atoms with Crippen molar-refractivity contribution < 1.29 is 13.5 Å². The second kappa shape index (κ2) is 7.00. The van der Waals surface area contributed by atoms with Crippen LogP contribution in [0, 0.1) is 0 Å². The summed E-state index contributed by atoms with van der Waals surface area (Å²) in [4.78, 5) is 0. The minimum Gasteiger partial charge on any atom is -0.435 e. The van der Waals surface area contributed by atoms with E-state index < -0.39 is 6.61 Å². The van der Waals surface area contributed by atoms with Crippen molar-refractivity contribution in [2.45, 2.75) is 19.6 Å².